The van der Waals surface area contributed by atoms with E-state index in [2.05, 4.69) is 46.4 Å². The Hall–Kier alpha value is -0.820. The van der Waals surface area contributed by atoms with Gasteiger partial charge in [0.1, 0.15) is 0 Å². The quantitative estimate of drug-likeness (QED) is 0.295. The molecular weight excluding hydrogens is 268 g/mol. The third kappa shape index (κ3) is 14.1. The van der Waals surface area contributed by atoms with Crippen molar-refractivity contribution in [2.24, 2.45) is 0 Å². The Balaban J connectivity index is 3.80. The summed E-state index contributed by atoms with van der Waals surface area (Å²) in [5.74, 6) is 0. The molecule has 0 fully saturated rings. The van der Waals surface area contributed by atoms with Crippen molar-refractivity contribution in [1.82, 2.24) is 0 Å². The van der Waals surface area contributed by atoms with Crippen LogP contribution in [0.5, 0.6) is 0 Å². The number of aliphatic hydroxyl groups excluding tert-OH is 1. The maximum absolute atomic E-state index is 10.1. The summed E-state index contributed by atoms with van der Waals surface area (Å²) in [4.78, 5) is 0. The number of hydrogen-bond acceptors (Lipinski definition) is 1. The molecule has 0 saturated heterocycles. The van der Waals surface area contributed by atoms with E-state index in [1.54, 1.807) is 0 Å². The first-order valence-electron chi connectivity index (χ1n) is 9.09. The summed E-state index contributed by atoms with van der Waals surface area (Å²) in [5, 5.41) is 10.1. The van der Waals surface area contributed by atoms with Gasteiger partial charge in [-0.3, -0.25) is 0 Å². The van der Waals surface area contributed by atoms with E-state index in [1.807, 2.05) is 0 Å². The molecule has 1 unspecified atom stereocenters. The number of unbranched alkanes of at least 4 members (excludes halogenated alkanes) is 4. The van der Waals surface area contributed by atoms with Gasteiger partial charge in [-0.25, -0.2) is 0 Å². The number of hydrogen-bond donors (Lipinski definition) is 1. The number of rotatable bonds is 13. The lowest BCUT2D eigenvalue weighted by Gasteiger charge is -2.11. The zero-order valence-electron chi connectivity index (χ0n) is 15.5. The van der Waals surface area contributed by atoms with E-state index in [-0.39, 0.29) is 6.10 Å². The van der Waals surface area contributed by atoms with E-state index in [1.165, 1.54) is 36.8 Å². The molecule has 0 rings (SSSR count). The summed E-state index contributed by atoms with van der Waals surface area (Å²) < 4.78 is 0. The summed E-state index contributed by atoms with van der Waals surface area (Å²) in [6, 6.07) is 0. The largest absolute Gasteiger partial charge is 0.393 e. The third-order valence-electron chi connectivity index (χ3n) is 4.00. The van der Waals surface area contributed by atoms with Crippen LogP contribution in [0.25, 0.3) is 0 Å². The maximum Gasteiger partial charge on any atom is 0.0577 e. The lowest BCUT2D eigenvalue weighted by Crippen LogP contribution is -2.07. The van der Waals surface area contributed by atoms with Crippen LogP contribution in [0, 0.1) is 0 Å². The molecule has 0 amide bonds. The van der Waals surface area contributed by atoms with E-state index in [4.69, 9.17) is 0 Å². The van der Waals surface area contributed by atoms with Crippen LogP contribution in [0.3, 0.4) is 0 Å². The van der Waals surface area contributed by atoms with Crippen LogP contribution >= 0.6 is 0 Å². The molecule has 0 aliphatic heterocycles. The van der Waals surface area contributed by atoms with Crippen LogP contribution in [-0.4, -0.2) is 11.2 Å². The van der Waals surface area contributed by atoms with E-state index in [9.17, 15) is 5.11 Å². The molecule has 1 heteroatoms. The second kappa shape index (κ2) is 13.8. The van der Waals surface area contributed by atoms with Crippen molar-refractivity contribution < 1.29 is 5.11 Å². The van der Waals surface area contributed by atoms with Gasteiger partial charge in [0.05, 0.1) is 6.10 Å². The first-order valence-corrected chi connectivity index (χ1v) is 9.09. The molecule has 0 aromatic rings. The monoisotopic (exact) mass is 306 g/mol. The minimum Gasteiger partial charge on any atom is -0.393 e. The zero-order valence-corrected chi connectivity index (χ0v) is 15.5. The summed E-state index contributed by atoms with van der Waals surface area (Å²) in [6.45, 7) is 12.8. The molecule has 1 atom stereocenters. The number of allylic oxidation sites excluding steroid dienone is 4. The summed E-state index contributed by atoms with van der Waals surface area (Å²) in [7, 11) is 0. The van der Waals surface area contributed by atoms with Crippen molar-refractivity contribution in [1.29, 1.82) is 0 Å². The molecular formula is C21H38O. The van der Waals surface area contributed by atoms with E-state index in [0.29, 0.717) is 0 Å². The summed E-state index contributed by atoms with van der Waals surface area (Å²) >= 11 is 0. The SMILES string of the molecule is C=C(C/C=C(\C)CCC=C(C)C)CC(O)CCCCCCC. The van der Waals surface area contributed by atoms with Crippen molar-refractivity contribution in [3.8, 4) is 0 Å². The third-order valence-corrected chi connectivity index (χ3v) is 4.00. The summed E-state index contributed by atoms with van der Waals surface area (Å²) in [6.07, 6.45) is 15.5. The van der Waals surface area contributed by atoms with Gasteiger partial charge in [0.25, 0.3) is 0 Å². The molecule has 0 aliphatic rings. The van der Waals surface area contributed by atoms with Crippen molar-refractivity contribution in [2.75, 3.05) is 0 Å². The van der Waals surface area contributed by atoms with Crippen LogP contribution in [0.2, 0.25) is 0 Å². The van der Waals surface area contributed by atoms with Crippen molar-refractivity contribution in [2.45, 2.75) is 98.0 Å². The average Bonchev–Trinajstić information content (AvgIpc) is 2.44. The van der Waals surface area contributed by atoms with Gasteiger partial charge in [0.15, 0.2) is 0 Å². The van der Waals surface area contributed by atoms with Crippen molar-refractivity contribution in [3.05, 3.63) is 35.5 Å². The fraction of sp³-hybridized carbons (Fsp3) is 0.714. The van der Waals surface area contributed by atoms with Gasteiger partial charge in [0, 0.05) is 0 Å². The fourth-order valence-electron chi connectivity index (χ4n) is 2.51. The highest BCUT2D eigenvalue weighted by Gasteiger charge is 2.05. The van der Waals surface area contributed by atoms with Crippen molar-refractivity contribution in [3.63, 3.8) is 0 Å². The Bertz CT molecular complexity index is 345. The zero-order chi connectivity index (χ0) is 16.8. The molecule has 22 heavy (non-hydrogen) atoms. The normalized spacial score (nSPS) is 13.0. The first-order chi connectivity index (χ1) is 10.5. The van der Waals surface area contributed by atoms with Gasteiger partial charge in [-0.1, -0.05) is 74.5 Å². The number of aliphatic hydroxyl groups is 1. The Labute approximate surface area is 139 Å². The van der Waals surface area contributed by atoms with E-state index in [0.717, 1.165) is 44.1 Å². The molecule has 0 heterocycles. The summed E-state index contributed by atoms with van der Waals surface area (Å²) in [5.41, 5.74) is 3.97. The smallest absolute Gasteiger partial charge is 0.0577 e. The van der Waals surface area contributed by atoms with Crippen LogP contribution in [0.4, 0.5) is 0 Å². The topological polar surface area (TPSA) is 20.2 Å². The van der Waals surface area contributed by atoms with Crippen LogP contribution in [0.1, 0.15) is 91.9 Å². The lowest BCUT2D eigenvalue weighted by molar-refractivity contribution is 0.160. The standard InChI is InChI=1S/C21H38O/c1-6-7-8-9-10-14-21(22)17-20(5)16-15-19(4)13-11-12-18(2)3/h12,15,21-22H,5-11,13-14,16-17H2,1-4H3/b19-15+. The van der Waals surface area contributed by atoms with Gasteiger partial charge < -0.3 is 5.11 Å². The van der Waals surface area contributed by atoms with Crippen molar-refractivity contribution >= 4 is 0 Å². The molecule has 1 N–H and O–H groups in total. The molecule has 0 saturated carbocycles. The fourth-order valence-corrected chi connectivity index (χ4v) is 2.51. The van der Waals surface area contributed by atoms with Crippen LogP contribution in [0.15, 0.2) is 35.5 Å². The van der Waals surface area contributed by atoms with Crippen LogP contribution < -0.4 is 0 Å². The Morgan fingerprint density at radius 2 is 1.73 bits per heavy atom. The molecule has 0 spiro atoms. The van der Waals surface area contributed by atoms with E-state index >= 15 is 0 Å². The van der Waals surface area contributed by atoms with Gasteiger partial charge in [-0.15, -0.1) is 0 Å². The highest BCUT2D eigenvalue weighted by atomic mass is 16.3. The highest BCUT2D eigenvalue weighted by Crippen LogP contribution is 2.16. The predicted molar refractivity (Wildman–Crippen MR) is 100 cm³/mol. The first kappa shape index (κ1) is 21.2. The lowest BCUT2D eigenvalue weighted by atomic mass is 10.00. The Morgan fingerprint density at radius 1 is 1.05 bits per heavy atom. The minimum absolute atomic E-state index is 0.200. The van der Waals surface area contributed by atoms with E-state index < -0.39 is 0 Å². The molecule has 0 bridgehead atoms. The second-order valence-electron chi connectivity index (χ2n) is 6.89. The molecule has 128 valence electrons. The minimum atomic E-state index is -0.200. The van der Waals surface area contributed by atoms with Gasteiger partial charge in [-0.05, 0) is 52.9 Å². The van der Waals surface area contributed by atoms with Gasteiger partial charge >= 0.3 is 0 Å². The highest BCUT2D eigenvalue weighted by molar-refractivity contribution is 5.09. The maximum atomic E-state index is 10.1. The second-order valence-corrected chi connectivity index (χ2v) is 6.89. The van der Waals surface area contributed by atoms with Gasteiger partial charge in [0.2, 0.25) is 0 Å². The molecule has 0 radical (unpaired) electrons. The van der Waals surface area contributed by atoms with Crippen LogP contribution in [-0.2, 0) is 0 Å². The average molecular weight is 307 g/mol. The molecule has 0 aromatic heterocycles. The Kier molecular flexibility index (Phi) is 13.3. The van der Waals surface area contributed by atoms with Gasteiger partial charge in [-0.2, -0.15) is 0 Å². The Morgan fingerprint density at radius 3 is 2.36 bits per heavy atom. The predicted octanol–water partition coefficient (Wildman–Crippen LogP) is 6.74. The molecule has 1 nitrogen and oxygen atoms in total. The molecule has 0 aliphatic carbocycles. The molecule has 0 aromatic carbocycles.